The molecular formula is C49H73N7O10. The number of aromatic nitrogens is 1. The van der Waals surface area contributed by atoms with Crippen LogP contribution in [0.2, 0.25) is 0 Å². The summed E-state index contributed by atoms with van der Waals surface area (Å²) in [5.41, 5.74) is -1.75. The van der Waals surface area contributed by atoms with Gasteiger partial charge in [0.1, 0.15) is 29.3 Å². The second kappa shape index (κ2) is 21.1. The molecule has 3 N–H and O–H groups in total. The molecule has 4 atom stereocenters. The summed E-state index contributed by atoms with van der Waals surface area (Å²) in [5, 5.41) is 9.13. The highest BCUT2D eigenvalue weighted by atomic mass is 16.6. The molecule has 0 fully saturated rings. The van der Waals surface area contributed by atoms with Crippen molar-refractivity contribution in [3.05, 3.63) is 59.8 Å². The molecule has 3 rings (SSSR count). The first-order valence-electron chi connectivity index (χ1n) is 22.3. The van der Waals surface area contributed by atoms with E-state index in [-0.39, 0.29) is 24.6 Å². The molecule has 0 bridgehead atoms. The van der Waals surface area contributed by atoms with Gasteiger partial charge in [-0.2, -0.15) is 0 Å². The standard InChI is InChI=1S/C49H73N7O10/c1-29(2)35(26-30(3)41(60)51-33(27-38(59)65-47(7,8)9)42(61)50-24-25-56-36(57)22-23-37(56)58)54(16)44(63)39(46(4,5)6)52-43(62)40(55(17)45(64)66-48(10,11)12)49(13,14)32-28-53(15)34-21-19-18-20-31(32)34/h18-23,26,28-29,33,35,39-40H,24-25,27H2,1-17H3,(H,50,61)(H,51,60)(H,52,62)/b30-26+/t33-,35+,39?,40+/m0/s1. The largest absolute Gasteiger partial charge is 0.460 e. The fraction of sp³-hybridized carbons (Fsp3) is 0.592. The molecule has 364 valence electrons. The maximum atomic E-state index is 14.9. The normalized spacial score (nSPS) is 15.5. The number of amides is 7. The van der Waals surface area contributed by atoms with Crippen molar-refractivity contribution in [1.82, 2.24) is 35.2 Å². The van der Waals surface area contributed by atoms with Crippen molar-refractivity contribution in [2.75, 3.05) is 27.2 Å². The van der Waals surface area contributed by atoms with E-state index in [0.29, 0.717) is 0 Å². The number of imide groups is 1. The highest BCUT2D eigenvalue weighted by Crippen LogP contribution is 2.37. The van der Waals surface area contributed by atoms with Crippen molar-refractivity contribution < 1.29 is 47.8 Å². The Morgan fingerprint density at radius 3 is 1.88 bits per heavy atom. The first kappa shape index (κ1) is 54.3. The number of aryl methyl sites for hydroxylation is 1. The van der Waals surface area contributed by atoms with Gasteiger partial charge in [0, 0.05) is 74.5 Å². The Balaban J connectivity index is 1.96. The number of benzene rings is 1. The Bertz CT molecular complexity index is 2220. The van der Waals surface area contributed by atoms with Crippen molar-refractivity contribution in [3.8, 4) is 0 Å². The van der Waals surface area contributed by atoms with E-state index in [1.165, 1.54) is 23.8 Å². The molecule has 17 heteroatoms. The van der Waals surface area contributed by atoms with Gasteiger partial charge in [0.05, 0.1) is 12.5 Å². The summed E-state index contributed by atoms with van der Waals surface area (Å²) in [6.45, 7) is 24.4. The van der Waals surface area contributed by atoms with Crippen LogP contribution in [0.1, 0.15) is 109 Å². The molecule has 17 nitrogen and oxygen atoms in total. The van der Waals surface area contributed by atoms with Gasteiger partial charge in [-0.25, -0.2) is 4.79 Å². The molecular weight excluding hydrogens is 847 g/mol. The summed E-state index contributed by atoms with van der Waals surface area (Å²) in [5.74, 6) is -4.56. The van der Waals surface area contributed by atoms with E-state index in [4.69, 9.17) is 9.47 Å². The number of nitrogens with one attached hydrogen (secondary N) is 3. The van der Waals surface area contributed by atoms with Gasteiger partial charge < -0.3 is 34.9 Å². The zero-order valence-electron chi connectivity index (χ0n) is 42.0. The third kappa shape index (κ3) is 14.0. The van der Waals surface area contributed by atoms with E-state index in [2.05, 4.69) is 16.0 Å². The number of para-hydroxylation sites is 1. The number of hydrogen-bond acceptors (Lipinski definition) is 10. The van der Waals surface area contributed by atoms with E-state index >= 15 is 0 Å². The van der Waals surface area contributed by atoms with Crippen molar-refractivity contribution in [2.24, 2.45) is 18.4 Å². The number of likely N-dealkylation sites (N-methyl/N-ethyl adjacent to an activating group) is 2. The lowest BCUT2D eigenvalue weighted by Crippen LogP contribution is -2.63. The summed E-state index contributed by atoms with van der Waals surface area (Å²) in [6.07, 6.45) is 4.53. The van der Waals surface area contributed by atoms with Crippen molar-refractivity contribution in [1.29, 1.82) is 0 Å². The topological polar surface area (TPSA) is 206 Å². The first-order chi connectivity index (χ1) is 30.2. The minimum atomic E-state index is -1.40. The monoisotopic (exact) mass is 920 g/mol. The van der Waals surface area contributed by atoms with Crippen LogP contribution in [-0.2, 0) is 55.5 Å². The van der Waals surface area contributed by atoms with Gasteiger partial charge in [0.15, 0.2) is 0 Å². The highest BCUT2D eigenvalue weighted by Gasteiger charge is 2.47. The number of carbonyl (C=O) groups is 8. The van der Waals surface area contributed by atoms with Crippen LogP contribution in [0.15, 0.2) is 54.3 Å². The van der Waals surface area contributed by atoms with Crippen LogP contribution >= 0.6 is 0 Å². The first-order valence-corrected chi connectivity index (χ1v) is 22.3. The molecule has 1 aliphatic heterocycles. The smallest absolute Gasteiger partial charge is 0.410 e. The van der Waals surface area contributed by atoms with Gasteiger partial charge in [-0.15, -0.1) is 0 Å². The van der Waals surface area contributed by atoms with Crippen LogP contribution in [0.4, 0.5) is 4.79 Å². The Labute approximate surface area is 390 Å². The Morgan fingerprint density at radius 1 is 0.788 bits per heavy atom. The number of rotatable bonds is 17. The molecule has 0 saturated heterocycles. The third-order valence-corrected chi connectivity index (χ3v) is 11.2. The third-order valence-electron chi connectivity index (χ3n) is 11.2. The van der Waals surface area contributed by atoms with Gasteiger partial charge in [-0.3, -0.25) is 43.4 Å². The maximum Gasteiger partial charge on any atom is 0.410 e. The van der Waals surface area contributed by atoms with Crippen molar-refractivity contribution in [3.63, 3.8) is 0 Å². The zero-order chi connectivity index (χ0) is 50.4. The molecule has 0 saturated carbocycles. The Morgan fingerprint density at radius 2 is 1.35 bits per heavy atom. The van der Waals surface area contributed by atoms with E-state index in [1.807, 2.05) is 90.5 Å². The zero-order valence-corrected chi connectivity index (χ0v) is 42.0. The van der Waals surface area contributed by atoms with Gasteiger partial charge in [0.2, 0.25) is 23.6 Å². The van der Waals surface area contributed by atoms with Gasteiger partial charge in [-0.1, -0.05) is 72.7 Å². The molecule has 1 aromatic heterocycles. The number of hydrogen-bond donors (Lipinski definition) is 3. The van der Waals surface area contributed by atoms with Gasteiger partial charge in [-0.05, 0) is 71.4 Å². The molecule has 7 amide bonds. The molecule has 0 spiro atoms. The van der Waals surface area contributed by atoms with Crippen LogP contribution in [0.3, 0.4) is 0 Å². The molecule has 0 radical (unpaired) electrons. The number of carbonyl (C=O) groups excluding carboxylic acids is 8. The number of esters is 1. The maximum absolute atomic E-state index is 14.9. The Kier molecular flexibility index (Phi) is 17.4. The molecule has 0 aliphatic carbocycles. The van der Waals surface area contributed by atoms with Crippen molar-refractivity contribution in [2.45, 2.75) is 144 Å². The molecule has 2 aromatic rings. The summed E-state index contributed by atoms with van der Waals surface area (Å²) >= 11 is 0. The number of fused-ring (bicyclic) bond motifs is 1. The van der Waals surface area contributed by atoms with Gasteiger partial charge in [0.25, 0.3) is 11.8 Å². The second-order valence-corrected chi connectivity index (χ2v) is 21.0. The summed E-state index contributed by atoms with van der Waals surface area (Å²) in [4.78, 5) is 111. The lowest BCUT2D eigenvalue weighted by Gasteiger charge is -2.42. The summed E-state index contributed by atoms with van der Waals surface area (Å²) < 4.78 is 13.2. The van der Waals surface area contributed by atoms with Crippen LogP contribution in [0.25, 0.3) is 10.9 Å². The van der Waals surface area contributed by atoms with Gasteiger partial charge >= 0.3 is 12.1 Å². The van der Waals surface area contributed by atoms with Crippen LogP contribution in [0, 0.1) is 11.3 Å². The summed E-state index contributed by atoms with van der Waals surface area (Å²) in [6, 6.07) is 3.37. The molecule has 66 heavy (non-hydrogen) atoms. The predicted octanol–water partition coefficient (Wildman–Crippen LogP) is 4.91. The molecule has 1 aliphatic rings. The SMILES string of the molecule is C/C(=C\[C@H](C(C)C)N(C)C(=O)C(NC(=O)[C@@H](N(C)C(=O)OC(C)(C)C)C(C)(C)c1cn(C)c2ccccc12)C(C)(C)C)C(=O)N[C@@H](CC(=O)OC(C)(C)C)C(=O)NCCN1C(=O)C=CC1=O. The minimum absolute atomic E-state index is 0.127. The average Bonchev–Trinajstić information content (AvgIpc) is 3.69. The predicted molar refractivity (Wildman–Crippen MR) is 252 cm³/mol. The average molecular weight is 920 g/mol. The van der Waals surface area contributed by atoms with E-state index < -0.39 is 100 Å². The van der Waals surface area contributed by atoms with E-state index in [1.54, 1.807) is 54.7 Å². The number of nitrogens with zero attached hydrogens (tertiary/aromatic N) is 4. The lowest BCUT2D eigenvalue weighted by atomic mass is 9.76. The quantitative estimate of drug-likeness (QED) is 0.111. The van der Waals surface area contributed by atoms with E-state index in [0.717, 1.165) is 33.5 Å². The van der Waals surface area contributed by atoms with Crippen LogP contribution in [0.5, 0.6) is 0 Å². The molecule has 2 heterocycles. The van der Waals surface area contributed by atoms with Crippen LogP contribution in [-0.4, -0.2) is 129 Å². The summed E-state index contributed by atoms with van der Waals surface area (Å²) in [7, 11) is 5.00. The minimum Gasteiger partial charge on any atom is -0.460 e. The van der Waals surface area contributed by atoms with Crippen molar-refractivity contribution >= 4 is 58.4 Å². The highest BCUT2D eigenvalue weighted by molar-refractivity contribution is 6.13. The Hall–Kier alpha value is -6.00. The fourth-order valence-electron chi connectivity index (χ4n) is 7.83. The van der Waals surface area contributed by atoms with E-state index in [9.17, 15) is 38.4 Å². The fourth-order valence-corrected chi connectivity index (χ4v) is 7.83. The van der Waals surface area contributed by atoms with Crippen LogP contribution < -0.4 is 16.0 Å². The second-order valence-electron chi connectivity index (χ2n) is 21.0. The molecule has 1 aromatic carbocycles. The lowest BCUT2D eigenvalue weighted by molar-refractivity contribution is -0.156. The molecule has 1 unspecified atom stereocenters. The number of ether oxygens (including phenoxy) is 2.